The third-order valence-corrected chi connectivity index (χ3v) is 17.7. The van der Waals surface area contributed by atoms with Crippen molar-refractivity contribution in [2.45, 2.75) is 0 Å². The molecule has 0 bridgehead atoms. The molecule has 0 saturated carbocycles. The minimum absolute atomic E-state index is 0.828. The number of nitrogens with zero attached hydrogens (tertiary/aromatic N) is 2. The molecule has 2 aromatic heterocycles. The maximum atomic E-state index is 7.08. The molecule has 0 amide bonds. The first-order valence-corrected chi connectivity index (χ1v) is 28.8. The standard InChI is InChI=1S/C80H48N2O2/c1-5-22-56-51(18-1)43-73(63-29-12-9-26-60(56)63)81(74-44-52-19-2-6-23-57(52)61-27-10-13-30-64(61)74)55-38-41-69-68-40-37-50(47-78(68)83-79(69)48-55)49-36-39-66-71(42-49)59-25-8-4-21-54(59)46-76(66)82(72-34-17-33-70-67-32-15-16-35-77(67)84-80(70)72)75-45-53-20-3-7-24-58(53)62-28-11-14-31-65(62)75/h1-48H. The fraction of sp³-hybridized carbons (Fsp3) is 0. The summed E-state index contributed by atoms with van der Waals surface area (Å²) in [6.07, 6.45) is 0. The Kier molecular flexibility index (Phi) is 10.1. The molecular formula is C80H48N2O2. The van der Waals surface area contributed by atoms with Crippen LogP contribution in [-0.2, 0) is 0 Å². The predicted molar refractivity (Wildman–Crippen MR) is 356 cm³/mol. The molecular weight excluding hydrogens is 1020 g/mol. The lowest BCUT2D eigenvalue weighted by Gasteiger charge is -2.29. The zero-order chi connectivity index (χ0) is 55.0. The van der Waals surface area contributed by atoms with Crippen molar-refractivity contribution in [1.82, 2.24) is 0 Å². The van der Waals surface area contributed by atoms with Gasteiger partial charge in [0.05, 0.1) is 28.4 Å². The number of anilines is 6. The lowest BCUT2D eigenvalue weighted by molar-refractivity contribution is 0.669. The van der Waals surface area contributed by atoms with E-state index >= 15 is 0 Å². The van der Waals surface area contributed by atoms with Crippen LogP contribution in [0.4, 0.5) is 34.1 Å². The lowest BCUT2D eigenvalue weighted by atomic mass is 9.94. The average Bonchev–Trinajstić information content (AvgIpc) is 1.69. The number of benzene rings is 16. The van der Waals surface area contributed by atoms with Crippen molar-refractivity contribution in [1.29, 1.82) is 0 Å². The summed E-state index contributed by atoms with van der Waals surface area (Å²) in [5.41, 5.74) is 11.9. The highest BCUT2D eigenvalue weighted by Crippen LogP contribution is 2.51. The number of furan rings is 2. The zero-order valence-electron chi connectivity index (χ0n) is 45.4. The summed E-state index contributed by atoms with van der Waals surface area (Å²) < 4.78 is 14.0. The first-order chi connectivity index (χ1) is 41.6. The highest BCUT2D eigenvalue weighted by Gasteiger charge is 2.26. The molecule has 4 heteroatoms. The number of rotatable bonds is 7. The van der Waals surface area contributed by atoms with E-state index in [4.69, 9.17) is 8.83 Å². The van der Waals surface area contributed by atoms with Crippen molar-refractivity contribution in [3.63, 3.8) is 0 Å². The number of hydrogen-bond acceptors (Lipinski definition) is 4. The van der Waals surface area contributed by atoms with Gasteiger partial charge in [0.15, 0.2) is 5.58 Å². The third-order valence-electron chi connectivity index (χ3n) is 17.7. The van der Waals surface area contributed by atoms with Gasteiger partial charge < -0.3 is 18.6 Å². The van der Waals surface area contributed by atoms with Crippen LogP contribution < -0.4 is 9.80 Å². The zero-order valence-corrected chi connectivity index (χ0v) is 45.4. The van der Waals surface area contributed by atoms with Crippen LogP contribution in [0, 0.1) is 0 Å². The molecule has 0 fully saturated rings. The fourth-order valence-corrected chi connectivity index (χ4v) is 13.9. The van der Waals surface area contributed by atoms with E-state index in [2.05, 4.69) is 295 Å². The highest BCUT2D eigenvalue weighted by atomic mass is 16.3. The Morgan fingerprint density at radius 1 is 0.190 bits per heavy atom. The topological polar surface area (TPSA) is 32.8 Å². The van der Waals surface area contributed by atoms with Gasteiger partial charge >= 0.3 is 0 Å². The number of hydrogen-bond donors (Lipinski definition) is 0. The Balaban J connectivity index is 0.821. The van der Waals surface area contributed by atoms with Crippen LogP contribution in [-0.4, -0.2) is 0 Å². The summed E-state index contributed by atoms with van der Waals surface area (Å²) >= 11 is 0. The third kappa shape index (κ3) is 7.01. The summed E-state index contributed by atoms with van der Waals surface area (Å²) in [5.74, 6) is 0. The summed E-state index contributed by atoms with van der Waals surface area (Å²) in [6.45, 7) is 0. The van der Waals surface area contributed by atoms with E-state index in [-0.39, 0.29) is 0 Å². The second-order valence-corrected chi connectivity index (χ2v) is 22.3. The average molecular weight is 1070 g/mol. The smallest absolute Gasteiger partial charge is 0.159 e. The molecule has 0 unspecified atom stereocenters. The quantitative estimate of drug-likeness (QED) is 0.149. The monoisotopic (exact) mass is 1070 g/mol. The maximum absolute atomic E-state index is 7.08. The predicted octanol–water partition coefficient (Wildman–Crippen LogP) is 23.3. The maximum Gasteiger partial charge on any atom is 0.159 e. The van der Waals surface area contributed by atoms with Gasteiger partial charge in [0.25, 0.3) is 0 Å². The molecule has 0 N–H and O–H groups in total. The molecule has 4 nitrogen and oxygen atoms in total. The van der Waals surface area contributed by atoms with E-state index in [1.54, 1.807) is 0 Å². The molecule has 0 spiro atoms. The molecule has 390 valence electrons. The lowest BCUT2D eigenvalue weighted by Crippen LogP contribution is -2.12. The SMILES string of the molecule is c1ccc2c(c1)cc(N(c1ccc3c(c1)oc1cc(-c4ccc5c(N(c6cc7ccccc7c7ccccc67)c6cccc7c6oc6ccccc67)cc6ccccc6c5c4)ccc13)c1cc3ccccc3c3ccccc13)c1ccccc12. The van der Waals surface area contributed by atoms with Crippen LogP contribution in [0.5, 0.6) is 0 Å². The van der Waals surface area contributed by atoms with Gasteiger partial charge in [0.2, 0.25) is 0 Å². The molecule has 0 aliphatic rings. The first-order valence-electron chi connectivity index (χ1n) is 28.8. The number of para-hydroxylation sites is 2. The van der Waals surface area contributed by atoms with Crippen LogP contribution in [0.25, 0.3) is 141 Å². The molecule has 0 saturated heterocycles. The van der Waals surface area contributed by atoms with Gasteiger partial charge in [0, 0.05) is 54.8 Å². The normalized spacial score (nSPS) is 12.0. The van der Waals surface area contributed by atoms with Gasteiger partial charge in [-0.1, -0.05) is 218 Å². The molecule has 0 radical (unpaired) electrons. The van der Waals surface area contributed by atoms with Gasteiger partial charge in [-0.3, -0.25) is 0 Å². The van der Waals surface area contributed by atoms with Crippen molar-refractivity contribution in [3.8, 4) is 11.1 Å². The Labute approximate surface area is 482 Å². The Hall–Kier alpha value is -11.2. The van der Waals surface area contributed by atoms with E-state index in [0.717, 1.165) is 111 Å². The van der Waals surface area contributed by atoms with Crippen LogP contribution in [0.2, 0.25) is 0 Å². The van der Waals surface area contributed by atoms with Crippen LogP contribution in [0.3, 0.4) is 0 Å². The van der Waals surface area contributed by atoms with Crippen LogP contribution in [0.1, 0.15) is 0 Å². The van der Waals surface area contributed by atoms with Gasteiger partial charge in [0.1, 0.15) is 16.7 Å². The van der Waals surface area contributed by atoms with Crippen molar-refractivity contribution in [3.05, 3.63) is 291 Å². The molecule has 16 aromatic carbocycles. The van der Waals surface area contributed by atoms with Crippen LogP contribution >= 0.6 is 0 Å². The van der Waals surface area contributed by atoms with Crippen molar-refractivity contribution < 1.29 is 8.83 Å². The van der Waals surface area contributed by atoms with Gasteiger partial charge in [-0.05, 0) is 142 Å². The summed E-state index contributed by atoms with van der Waals surface area (Å²) in [4.78, 5) is 4.91. The van der Waals surface area contributed by atoms with E-state index in [0.29, 0.717) is 0 Å². The molecule has 0 atom stereocenters. The molecule has 84 heavy (non-hydrogen) atoms. The molecule has 18 aromatic rings. The van der Waals surface area contributed by atoms with E-state index in [1.807, 2.05) is 6.07 Å². The van der Waals surface area contributed by atoms with Crippen molar-refractivity contribution in [2.75, 3.05) is 9.80 Å². The minimum atomic E-state index is 0.828. The van der Waals surface area contributed by atoms with E-state index in [1.165, 1.54) is 64.6 Å². The Bertz CT molecular complexity index is 5670. The first kappa shape index (κ1) is 46.5. The van der Waals surface area contributed by atoms with E-state index in [9.17, 15) is 0 Å². The minimum Gasteiger partial charge on any atom is -0.456 e. The summed E-state index contributed by atoms with van der Waals surface area (Å²) in [5, 5.41) is 23.3. The van der Waals surface area contributed by atoms with Crippen molar-refractivity contribution >= 4 is 164 Å². The Morgan fingerprint density at radius 2 is 0.560 bits per heavy atom. The van der Waals surface area contributed by atoms with Crippen LogP contribution in [0.15, 0.2) is 300 Å². The largest absolute Gasteiger partial charge is 0.456 e. The second kappa shape index (κ2) is 18.2. The summed E-state index contributed by atoms with van der Waals surface area (Å²) in [6, 6.07) is 106. The van der Waals surface area contributed by atoms with Gasteiger partial charge in [-0.2, -0.15) is 0 Å². The van der Waals surface area contributed by atoms with Gasteiger partial charge in [-0.25, -0.2) is 0 Å². The Morgan fingerprint density at radius 3 is 1.10 bits per heavy atom. The van der Waals surface area contributed by atoms with E-state index < -0.39 is 0 Å². The van der Waals surface area contributed by atoms with Gasteiger partial charge in [-0.15, -0.1) is 0 Å². The molecule has 18 rings (SSSR count). The fourth-order valence-electron chi connectivity index (χ4n) is 13.9. The second-order valence-electron chi connectivity index (χ2n) is 22.3. The molecule has 0 aliphatic carbocycles. The highest BCUT2D eigenvalue weighted by molar-refractivity contribution is 6.23. The number of fused-ring (bicyclic) bond motifs is 18. The molecule has 0 aliphatic heterocycles. The summed E-state index contributed by atoms with van der Waals surface area (Å²) in [7, 11) is 0. The molecule has 2 heterocycles. The van der Waals surface area contributed by atoms with Crippen molar-refractivity contribution in [2.24, 2.45) is 0 Å².